The third-order valence-corrected chi connectivity index (χ3v) is 4.41. The van der Waals surface area contributed by atoms with E-state index < -0.39 is 0 Å². The number of carbonyl (C=O) groups is 1. The number of unbranched alkanes of at least 4 members (excludes halogenated alkanes) is 1. The number of hydrogen-bond acceptors (Lipinski definition) is 4. The standard InChI is InChI=1S/C19H30N2O3.ClH/c1-4-5-11-24-17-9-8-15(12-18(17)23-3)14(2)21-19(22)13-16-7-6-10-20-16;/h8-9,12,14,16,20H,4-7,10-11,13H2,1-3H3,(H,21,22);1H. The largest absolute Gasteiger partial charge is 0.493 e. The van der Waals surface area contributed by atoms with Gasteiger partial charge in [0.15, 0.2) is 11.5 Å². The zero-order valence-electron chi connectivity index (χ0n) is 15.5. The van der Waals surface area contributed by atoms with Crippen molar-refractivity contribution < 1.29 is 14.3 Å². The number of amides is 1. The molecule has 1 fully saturated rings. The summed E-state index contributed by atoms with van der Waals surface area (Å²) in [5.74, 6) is 1.55. The number of nitrogens with one attached hydrogen (secondary N) is 2. The Hall–Kier alpha value is -1.46. The van der Waals surface area contributed by atoms with Crippen LogP contribution in [0, 0.1) is 0 Å². The highest BCUT2D eigenvalue weighted by Crippen LogP contribution is 2.30. The molecule has 0 bridgehead atoms. The molecule has 0 radical (unpaired) electrons. The lowest BCUT2D eigenvalue weighted by atomic mass is 10.1. The number of benzene rings is 1. The van der Waals surface area contributed by atoms with E-state index in [0.717, 1.165) is 43.5 Å². The van der Waals surface area contributed by atoms with E-state index in [9.17, 15) is 4.79 Å². The minimum Gasteiger partial charge on any atom is -0.493 e. The molecule has 6 heteroatoms. The van der Waals surface area contributed by atoms with Crippen LogP contribution in [0.1, 0.15) is 57.6 Å². The maximum absolute atomic E-state index is 12.2. The van der Waals surface area contributed by atoms with Gasteiger partial charge >= 0.3 is 0 Å². The first kappa shape index (κ1) is 21.6. The summed E-state index contributed by atoms with van der Waals surface area (Å²) in [6.07, 6.45) is 4.90. The summed E-state index contributed by atoms with van der Waals surface area (Å²) in [6.45, 7) is 5.83. The normalized spacial score (nSPS) is 17.5. The summed E-state index contributed by atoms with van der Waals surface area (Å²) in [5, 5.41) is 6.42. The van der Waals surface area contributed by atoms with Crippen LogP contribution in [0.5, 0.6) is 11.5 Å². The molecule has 2 atom stereocenters. The van der Waals surface area contributed by atoms with Crippen LogP contribution >= 0.6 is 12.4 Å². The number of ether oxygens (including phenoxy) is 2. The molecule has 0 spiro atoms. The van der Waals surface area contributed by atoms with Crippen LogP contribution in [0.4, 0.5) is 0 Å². The molecule has 1 aliphatic heterocycles. The minimum absolute atomic E-state index is 0. The number of methoxy groups -OCH3 is 1. The Balaban J connectivity index is 0.00000312. The van der Waals surface area contributed by atoms with Crippen molar-refractivity contribution in [1.82, 2.24) is 10.6 Å². The van der Waals surface area contributed by atoms with Crippen molar-refractivity contribution in [3.8, 4) is 11.5 Å². The van der Waals surface area contributed by atoms with Crippen molar-refractivity contribution in [2.45, 2.75) is 58.0 Å². The fourth-order valence-corrected chi connectivity index (χ4v) is 2.94. The molecule has 2 rings (SSSR count). The van der Waals surface area contributed by atoms with Gasteiger partial charge in [0.2, 0.25) is 5.91 Å². The molecule has 142 valence electrons. The van der Waals surface area contributed by atoms with Gasteiger partial charge in [0.25, 0.3) is 0 Å². The Morgan fingerprint density at radius 1 is 1.40 bits per heavy atom. The van der Waals surface area contributed by atoms with Crippen LogP contribution in [0.3, 0.4) is 0 Å². The molecule has 25 heavy (non-hydrogen) atoms. The highest BCUT2D eigenvalue weighted by Gasteiger charge is 2.19. The lowest BCUT2D eigenvalue weighted by molar-refractivity contribution is -0.122. The lowest BCUT2D eigenvalue weighted by Crippen LogP contribution is -2.33. The quantitative estimate of drug-likeness (QED) is 0.652. The zero-order chi connectivity index (χ0) is 17.4. The van der Waals surface area contributed by atoms with Crippen molar-refractivity contribution in [2.24, 2.45) is 0 Å². The van der Waals surface area contributed by atoms with Gasteiger partial charge in [-0.1, -0.05) is 19.4 Å². The van der Waals surface area contributed by atoms with Crippen molar-refractivity contribution in [3.05, 3.63) is 23.8 Å². The molecular weight excluding hydrogens is 340 g/mol. The van der Waals surface area contributed by atoms with Crippen molar-refractivity contribution in [3.63, 3.8) is 0 Å². The lowest BCUT2D eigenvalue weighted by Gasteiger charge is -2.18. The van der Waals surface area contributed by atoms with E-state index in [4.69, 9.17) is 9.47 Å². The maximum atomic E-state index is 12.2. The first-order chi connectivity index (χ1) is 11.6. The molecule has 0 saturated carbocycles. The summed E-state index contributed by atoms with van der Waals surface area (Å²) < 4.78 is 11.2. The van der Waals surface area contributed by atoms with Gasteiger partial charge in [-0.25, -0.2) is 0 Å². The number of halogens is 1. The second-order valence-corrected chi connectivity index (χ2v) is 6.40. The fraction of sp³-hybridized carbons (Fsp3) is 0.632. The summed E-state index contributed by atoms with van der Waals surface area (Å²) in [7, 11) is 1.64. The van der Waals surface area contributed by atoms with E-state index in [2.05, 4.69) is 17.6 Å². The smallest absolute Gasteiger partial charge is 0.222 e. The first-order valence-electron chi connectivity index (χ1n) is 8.97. The Kier molecular flexibility index (Phi) is 9.68. The highest BCUT2D eigenvalue weighted by atomic mass is 35.5. The Bertz CT molecular complexity index is 533. The van der Waals surface area contributed by atoms with Gasteiger partial charge in [0.05, 0.1) is 19.8 Å². The van der Waals surface area contributed by atoms with Crippen LogP contribution < -0.4 is 20.1 Å². The van der Waals surface area contributed by atoms with E-state index >= 15 is 0 Å². The fourth-order valence-electron chi connectivity index (χ4n) is 2.94. The predicted molar refractivity (Wildman–Crippen MR) is 103 cm³/mol. The highest BCUT2D eigenvalue weighted by molar-refractivity contribution is 5.85. The second kappa shape index (κ2) is 11.2. The number of hydrogen-bond donors (Lipinski definition) is 2. The number of carbonyl (C=O) groups excluding carboxylic acids is 1. The molecule has 0 aromatic heterocycles. The molecule has 5 nitrogen and oxygen atoms in total. The van der Waals surface area contributed by atoms with Gasteiger partial charge in [-0.3, -0.25) is 4.79 Å². The SMILES string of the molecule is CCCCOc1ccc(C(C)NC(=O)CC2CCCN2)cc1OC.Cl. The van der Waals surface area contributed by atoms with Crippen molar-refractivity contribution in [1.29, 1.82) is 0 Å². The summed E-state index contributed by atoms with van der Waals surface area (Å²) in [5.41, 5.74) is 1.02. The van der Waals surface area contributed by atoms with Gasteiger partial charge in [-0.2, -0.15) is 0 Å². The average molecular weight is 371 g/mol. The Morgan fingerprint density at radius 2 is 2.20 bits per heavy atom. The van der Waals surface area contributed by atoms with E-state index in [1.165, 1.54) is 0 Å². The third kappa shape index (κ3) is 6.75. The van der Waals surface area contributed by atoms with Crippen LogP contribution in [0.15, 0.2) is 18.2 Å². The monoisotopic (exact) mass is 370 g/mol. The van der Waals surface area contributed by atoms with Gasteiger partial charge < -0.3 is 20.1 Å². The van der Waals surface area contributed by atoms with Gasteiger partial charge in [0.1, 0.15) is 0 Å². The summed E-state index contributed by atoms with van der Waals surface area (Å²) in [6, 6.07) is 6.12. The molecule has 0 aliphatic carbocycles. The van der Waals surface area contributed by atoms with Crippen molar-refractivity contribution >= 4 is 18.3 Å². The summed E-state index contributed by atoms with van der Waals surface area (Å²) in [4.78, 5) is 12.2. The second-order valence-electron chi connectivity index (χ2n) is 6.40. The van der Waals surface area contributed by atoms with E-state index in [1.807, 2.05) is 25.1 Å². The van der Waals surface area contributed by atoms with E-state index in [1.54, 1.807) is 7.11 Å². The molecule has 2 unspecified atom stereocenters. The maximum Gasteiger partial charge on any atom is 0.222 e. The number of rotatable bonds is 9. The van der Waals surface area contributed by atoms with Crippen LogP contribution in [0.25, 0.3) is 0 Å². The Labute approximate surface area is 157 Å². The van der Waals surface area contributed by atoms with Crippen molar-refractivity contribution in [2.75, 3.05) is 20.3 Å². The van der Waals surface area contributed by atoms with Crippen LogP contribution in [0.2, 0.25) is 0 Å². The molecule has 1 heterocycles. The average Bonchev–Trinajstić information content (AvgIpc) is 3.07. The molecule has 1 amide bonds. The predicted octanol–water partition coefficient (Wildman–Crippen LogP) is 3.62. The molecule has 1 aromatic carbocycles. The summed E-state index contributed by atoms with van der Waals surface area (Å²) >= 11 is 0. The molecule has 1 saturated heterocycles. The van der Waals surface area contributed by atoms with Gasteiger partial charge in [-0.15, -0.1) is 12.4 Å². The first-order valence-corrected chi connectivity index (χ1v) is 8.97. The molecule has 2 N–H and O–H groups in total. The van der Waals surface area contributed by atoms with E-state index in [-0.39, 0.29) is 24.4 Å². The topological polar surface area (TPSA) is 59.6 Å². The van der Waals surface area contributed by atoms with Crippen LogP contribution in [-0.2, 0) is 4.79 Å². The van der Waals surface area contributed by atoms with Crippen LogP contribution in [-0.4, -0.2) is 32.2 Å². The molecular formula is C19H31ClN2O3. The molecule has 1 aliphatic rings. The Morgan fingerprint density at radius 3 is 2.84 bits per heavy atom. The molecule has 1 aromatic rings. The minimum atomic E-state index is -0.0579. The van der Waals surface area contributed by atoms with E-state index in [0.29, 0.717) is 24.8 Å². The zero-order valence-corrected chi connectivity index (χ0v) is 16.3. The van der Waals surface area contributed by atoms with Gasteiger partial charge in [0, 0.05) is 12.5 Å². The van der Waals surface area contributed by atoms with Gasteiger partial charge in [-0.05, 0) is 50.4 Å². The third-order valence-electron chi connectivity index (χ3n) is 4.41.